The molecule has 2 saturated carbocycles. The van der Waals surface area contributed by atoms with Crippen LogP contribution >= 0.6 is 0 Å². The highest BCUT2D eigenvalue weighted by Crippen LogP contribution is 2.26. The van der Waals surface area contributed by atoms with Crippen molar-refractivity contribution in [2.75, 3.05) is 5.32 Å². The summed E-state index contributed by atoms with van der Waals surface area (Å²) in [6.07, 6.45) is 8.21. The van der Waals surface area contributed by atoms with Crippen LogP contribution in [0.15, 0.2) is 24.3 Å². The Labute approximate surface area is 137 Å². The first-order chi connectivity index (χ1) is 11.2. The normalized spacial score (nSPS) is 25.1. The number of rotatable bonds is 4. The number of ether oxygens (including phenoxy) is 1. The average Bonchev–Trinajstić information content (AvgIpc) is 3.03. The quantitative estimate of drug-likeness (QED) is 0.796. The van der Waals surface area contributed by atoms with Crippen LogP contribution in [0.25, 0.3) is 0 Å². The third kappa shape index (κ3) is 4.61. The summed E-state index contributed by atoms with van der Waals surface area (Å²) in [5.41, 5.74) is 0.711. The van der Waals surface area contributed by atoms with Crippen molar-refractivity contribution in [3.05, 3.63) is 24.3 Å². The molecule has 0 aromatic heterocycles. The molecule has 126 valence electrons. The molecular formula is C18H26N2O3. The first-order valence-electron chi connectivity index (χ1n) is 8.73. The van der Waals surface area contributed by atoms with Crippen molar-refractivity contribution in [3.63, 3.8) is 0 Å². The van der Waals surface area contributed by atoms with Gasteiger partial charge in [-0.3, -0.25) is 0 Å². The summed E-state index contributed by atoms with van der Waals surface area (Å²) in [4.78, 5) is 12.1. The van der Waals surface area contributed by atoms with Crippen molar-refractivity contribution in [2.24, 2.45) is 0 Å². The molecule has 3 rings (SSSR count). The largest absolute Gasteiger partial charge is 0.490 e. The van der Waals surface area contributed by atoms with E-state index in [2.05, 4.69) is 10.6 Å². The Bertz CT molecular complexity index is 529. The highest BCUT2D eigenvalue weighted by atomic mass is 16.5. The fourth-order valence-electron chi connectivity index (χ4n) is 3.46. The van der Waals surface area contributed by atoms with Crippen LogP contribution in [0.4, 0.5) is 10.5 Å². The molecular weight excluding hydrogens is 292 g/mol. The maximum absolute atomic E-state index is 12.1. The fraction of sp³-hybridized carbons (Fsp3) is 0.611. The monoisotopic (exact) mass is 318 g/mol. The summed E-state index contributed by atoms with van der Waals surface area (Å²) in [6, 6.07) is 7.09. The second-order valence-corrected chi connectivity index (χ2v) is 6.61. The zero-order valence-electron chi connectivity index (χ0n) is 13.5. The van der Waals surface area contributed by atoms with E-state index in [1.54, 1.807) is 0 Å². The Morgan fingerprint density at radius 3 is 2.61 bits per heavy atom. The van der Waals surface area contributed by atoms with Crippen LogP contribution in [-0.4, -0.2) is 29.4 Å². The molecule has 0 saturated heterocycles. The molecule has 0 bridgehead atoms. The van der Waals surface area contributed by atoms with Gasteiger partial charge in [0.15, 0.2) is 0 Å². The number of nitrogens with one attached hydrogen (secondary N) is 2. The number of carbonyl (C=O) groups is 1. The highest BCUT2D eigenvalue weighted by Gasteiger charge is 2.24. The van der Waals surface area contributed by atoms with Gasteiger partial charge in [0.25, 0.3) is 0 Å². The molecule has 5 nitrogen and oxygen atoms in total. The van der Waals surface area contributed by atoms with Gasteiger partial charge in [-0.1, -0.05) is 18.9 Å². The third-order valence-corrected chi connectivity index (χ3v) is 4.74. The van der Waals surface area contributed by atoms with Gasteiger partial charge in [0.05, 0.1) is 18.2 Å². The number of hydrogen-bond donors (Lipinski definition) is 3. The molecule has 0 radical (unpaired) electrons. The van der Waals surface area contributed by atoms with E-state index >= 15 is 0 Å². The van der Waals surface area contributed by atoms with Gasteiger partial charge in [0.1, 0.15) is 5.75 Å². The zero-order valence-corrected chi connectivity index (χ0v) is 13.5. The van der Waals surface area contributed by atoms with E-state index in [9.17, 15) is 9.90 Å². The van der Waals surface area contributed by atoms with Gasteiger partial charge in [0.2, 0.25) is 0 Å². The minimum atomic E-state index is -0.438. The van der Waals surface area contributed by atoms with E-state index in [1.165, 1.54) is 12.8 Å². The second-order valence-electron chi connectivity index (χ2n) is 6.61. The van der Waals surface area contributed by atoms with E-state index < -0.39 is 6.10 Å². The fourth-order valence-corrected chi connectivity index (χ4v) is 3.46. The van der Waals surface area contributed by atoms with E-state index in [0.717, 1.165) is 44.3 Å². The van der Waals surface area contributed by atoms with Gasteiger partial charge in [0, 0.05) is 11.8 Å². The number of carbonyl (C=O) groups excluding carboxylic acids is 1. The van der Waals surface area contributed by atoms with Gasteiger partial charge in [-0.2, -0.15) is 0 Å². The number of aliphatic hydroxyl groups excluding tert-OH is 1. The number of aliphatic hydroxyl groups is 1. The smallest absolute Gasteiger partial charge is 0.319 e. The zero-order chi connectivity index (χ0) is 16.1. The summed E-state index contributed by atoms with van der Waals surface area (Å²) in [7, 11) is 0. The molecule has 5 heteroatoms. The molecule has 1 aromatic rings. The van der Waals surface area contributed by atoms with Gasteiger partial charge < -0.3 is 20.5 Å². The molecule has 0 spiro atoms. The van der Waals surface area contributed by atoms with Crippen molar-refractivity contribution in [1.29, 1.82) is 0 Å². The summed E-state index contributed by atoms with van der Waals surface area (Å²) in [6.45, 7) is 0. The molecule has 2 aliphatic rings. The van der Waals surface area contributed by atoms with E-state index in [0.29, 0.717) is 11.8 Å². The van der Waals surface area contributed by atoms with Crippen molar-refractivity contribution >= 4 is 11.7 Å². The molecule has 2 aliphatic carbocycles. The Kier molecular flexibility index (Phi) is 5.39. The maximum atomic E-state index is 12.1. The summed E-state index contributed by atoms with van der Waals surface area (Å²) < 4.78 is 5.95. The van der Waals surface area contributed by atoms with E-state index in [4.69, 9.17) is 4.74 Å². The van der Waals surface area contributed by atoms with Crippen LogP contribution in [0.5, 0.6) is 5.75 Å². The molecule has 2 fully saturated rings. The molecule has 2 amide bonds. The Hall–Kier alpha value is -1.75. The number of benzene rings is 1. The van der Waals surface area contributed by atoms with E-state index in [-0.39, 0.29) is 12.1 Å². The molecule has 3 N–H and O–H groups in total. The summed E-state index contributed by atoms with van der Waals surface area (Å²) in [5, 5.41) is 15.6. The van der Waals surface area contributed by atoms with Crippen LogP contribution in [0.3, 0.4) is 0 Å². The standard InChI is InChI=1S/C18H26N2O3/c21-17-11-4-3-10-16(17)20-18(22)19-13-6-5-9-15(12-13)23-14-7-1-2-8-14/h5-6,9,12,14,16-17,21H,1-4,7-8,10-11H2,(H2,19,20,22). The minimum Gasteiger partial charge on any atom is -0.490 e. The van der Waals surface area contributed by atoms with Crippen molar-refractivity contribution < 1.29 is 14.6 Å². The van der Waals surface area contributed by atoms with Gasteiger partial charge in [-0.15, -0.1) is 0 Å². The third-order valence-electron chi connectivity index (χ3n) is 4.74. The Balaban J connectivity index is 1.53. The highest BCUT2D eigenvalue weighted by molar-refractivity contribution is 5.89. The van der Waals surface area contributed by atoms with Crippen LogP contribution in [0.2, 0.25) is 0 Å². The molecule has 23 heavy (non-hydrogen) atoms. The van der Waals surface area contributed by atoms with Crippen molar-refractivity contribution in [1.82, 2.24) is 5.32 Å². The van der Waals surface area contributed by atoms with Crippen molar-refractivity contribution in [2.45, 2.75) is 69.6 Å². The minimum absolute atomic E-state index is 0.151. The van der Waals surface area contributed by atoms with Crippen molar-refractivity contribution in [3.8, 4) is 5.75 Å². The van der Waals surface area contributed by atoms with Crippen LogP contribution in [-0.2, 0) is 0 Å². The molecule has 0 heterocycles. The molecule has 2 unspecified atom stereocenters. The maximum Gasteiger partial charge on any atom is 0.319 e. The first-order valence-corrected chi connectivity index (χ1v) is 8.73. The summed E-state index contributed by atoms with van der Waals surface area (Å²) in [5.74, 6) is 0.799. The lowest BCUT2D eigenvalue weighted by Crippen LogP contribution is -2.46. The summed E-state index contributed by atoms with van der Waals surface area (Å²) >= 11 is 0. The number of hydrogen-bond acceptors (Lipinski definition) is 3. The van der Waals surface area contributed by atoms with Gasteiger partial charge in [-0.25, -0.2) is 4.79 Å². The lowest BCUT2D eigenvalue weighted by Gasteiger charge is -2.28. The number of urea groups is 1. The molecule has 1 aromatic carbocycles. The predicted octanol–water partition coefficient (Wildman–Crippen LogP) is 3.43. The lowest BCUT2D eigenvalue weighted by molar-refractivity contribution is 0.0955. The SMILES string of the molecule is O=C(Nc1cccc(OC2CCCC2)c1)NC1CCCCC1O. The van der Waals surface area contributed by atoms with Crippen LogP contribution < -0.4 is 15.4 Å². The number of amides is 2. The van der Waals surface area contributed by atoms with Crippen LogP contribution in [0.1, 0.15) is 51.4 Å². The molecule has 0 aliphatic heterocycles. The Morgan fingerprint density at radius 2 is 1.83 bits per heavy atom. The predicted molar refractivity (Wildman–Crippen MR) is 89.7 cm³/mol. The first kappa shape index (κ1) is 16.1. The second kappa shape index (κ2) is 7.68. The lowest BCUT2D eigenvalue weighted by atomic mass is 9.93. The van der Waals surface area contributed by atoms with Gasteiger partial charge >= 0.3 is 6.03 Å². The van der Waals surface area contributed by atoms with Gasteiger partial charge in [-0.05, 0) is 50.7 Å². The topological polar surface area (TPSA) is 70.6 Å². The average molecular weight is 318 g/mol. The Morgan fingerprint density at radius 1 is 1.09 bits per heavy atom. The molecule has 2 atom stereocenters. The van der Waals surface area contributed by atoms with E-state index in [1.807, 2.05) is 24.3 Å². The van der Waals surface area contributed by atoms with Crippen LogP contribution in [0, 0.1) is 0 Å². The number of anilines is 1.